The Hall–Kier alpha value is -3.61. The van der Waals surface area contributed by atoms with Gasteiger partial charge < -0.3 is 19.9 Å². The Morgan fingerprint density at radius 2 is 2.21 bits per heavy atom. The molecule has 4 rings (SSSR count). The van der Waals surface area contributed by atoms with Gasteiger partial charge in [-0.25, -0.2) is 9.78 Å². The number of pyridine rings is 2. The number of hydrogen-bond acceptors (Lipinski definition) is 6. The van der Waals surface area contributed by atoms with Crippen LogP contribution in [-0.4, -0.2) is 34.2 Å². The van der Waals surface area contributed by atoms with Gasteiger partial charge in [0.25, 0.3) is 0 Å². The molecule has 7 heteroatoms. The van der Waals surface area contributed by atoms with E-state index in [0.717, 1.165) is 23.4 Å². The van der Waals surface area contributed by atoms with Crippen molar-refractivity contribution in [2.75, 3.05) is 18.5 Å². The van der Waals surface area contributed by atoms with E-state index in [4.69, 9.17) is 9.47 Å². The second kappa shape index (κ2) is 8.18. The zero-order chi connectivity index (χ0) is 20.2. The average molecular weight is 391 g/mol. The highest BCUT2D eigenvalue weighted by atomic mass is 16.5. The molecule has 1 aliphatic heterocycles. The molecule has 0 fully saturated rings. The monoisotopic (exact) mass is 391 g/mol. The minimum absolute atomic E-state index is 0.187. The van der Waals surface area contributed by atoms with Gasteiger partial charge in [-0.1, -0.05) is 12.1 Å². The molecule has 1 aliphatic rings. The highest BCUT2D eigenvalue weighted by molar-refractivity contribution is 5.93. The fourth-order valence-corrected chi connectivity index (χ4v) is 3.37. The number of nitrogens with one attached hydrogen (secondary N) is 1. The van der Waals surface area contributed by atoms with E-state index in [1.54, 1.807) is 0 Å². The lowest BCUT2D eigenvalue weighted by Gasteiger charge is -2.27. The Bertz CT molecular complexity index is 1040. The Morgan fingerprint density at radius 1 is 1.31 bits per heavy atom. The first kappa shape index (κ1) is 18.7. The van der Waals surface area contributed by atoms with Crippen LogP contribution in [0.1, 0.15) is 34.0 Å². The van der Waals surface area contributed by atoms with Gasteiger partial charge in [-0.2, -0.15) is 0 Å². The zero-order valence-corrected chi connectivity index (χ0v) is 16.0. The van der Waals surface area contributed by atoms with Crippen molar-refractivity contribution in [3.05, 3.63) is 71.7 Å². The standard InChI is InChI=1S/C22H21N3O4/c1-14-3-2-4-21(25-14)29-16-5-6-17-15(8-10-28-20(17)11-16)12-24-19-13-23-9-7-18(19)22(26)27/h2-7,9,11,13,15,24H,8,10,12H2,1H3,(H,26,27). The molecule has 7 nitrogen and oxygen atoms in total. The molecule has 29 heavy (non-hydrogen) atoms. The lowest BCUT2D eigenvalue weighted by molar-refractivity contribution is 0.0697. The molecule has 3 aromatic rings. The second-order valence-electron chi connectivity index (χ2n) is 6.86. The summed E-state index contributed by atoms with van der Waals surface area (Å²) in [6.07, 6.45) is 3.85. The number of benzene rings is 1. The van der Waals surface area contributed by atoms with Crippen molar-refractivity contribution in [3.63, 3.8) is 0 Å². The third-order valence-electron chi connectivity index (χ3n) is 4.82. The molecule has 0 radical (unpaired) electrons. The number of aryl methyl sites for hydroxylation is 1. The number of anilines is 1. The fraction of sp³-hybridized carbons (Fsp3) is 0.227. The predicted molar refractivity (Wildman–Crippen MR) is 108 cm³/mol. The number of ether oxygens (including phenoxy) is 2. The highest BCUT2D eigenvalue weighted by Crippen LogP contribution is 2.37. The highest BCUT2D eigenvalue weighted by Gasteiger charge is 2.23. The lowest BCUT2D eigenvalue weighted by Crippen LogP contribution is -2.21. The molecule has 2 N–H and O–H groups in total. The van der Waals surface area contributed by atoms with Crippen LogP contribution in [0.15, 0.2) is 54.9 Å². The van der Waals surface area contributed by atoms with Gasteiger partial charge in [-0.3, -0.25) is 4.98 Å². The third-order valence-corrected chi connectivity index (χ3v) is 4.82. The van der Waals surface area contributed by atoms with Crippen LogP contribution in [0.2, 0.25) is 0 Å². The molecule has 0 spiro atoms. The lowest BCUT2D eigenvalue weighted by atomic mass is 9.93. The molecule has 3 heterocycles. The summed E-state index contributed by atoms with van der Waals surface area (Å²) in [7, 11) is 0. The van der Waals surface area contributed by atoms with E-state index in [2.05, 4.69) is 15.3 Å². The summed E-state index contributed by atoms with van der Waals surface area (Å²) in [5.74, 6) is 1.19. The normalized spacial score (nSPS) is 15.1. The summed E-state index contributed by atoms with van der Waals surface area (Å²) < 4.78 is 11.7. The minimum atomic E-state index is -0.978. The SMILES string of the molecule is Cc1cccc(Oc2ccc3c(c2)OCCC3CNc2cnccc2C(=O)O)n1. The number of hydrogen-bond donors (Lipinski definition) is 2. The van der Waals surface area contributed by atoms with E-state index in [-0.39, 0.29) is 11.5 Å². The Kier molecular flexibility index (Phi) is 5.29. The quantitative estimate of drug-likeness (QED) is 0.649. The molecule has 2 aromatic heterocycles. The first-order valence-electron chi connectivity index (χ1n) is 9.39. The van der Waals surface area contributed by atoms with Crippen LogP contribution < -0.4 is 14.8 Å². The van der Waals surface area contributed by atoms with Crippen LogP contribution in [0.25, 0.3) is 0 Å². The summed E-state index contributed by atoms with van der Waals surface area (Å²) in [6.45, 7) is 3.09. The number of rotatable bonds is 6. The van der Waals surface area contributed by atoms with Gasteiger partial charge in [-0.05, 0) is 37.1 Å². The van der Waals surface area contributed by atoms with E-state index in [1.807, 2.05) is 43.3 Å². The van der Waals surface area contributed by atoms with Crippen molar-refractivity contribution >= 4 is 11.7 Å². The largest absolute Gasteiger partial charge is 0.493 e. The van der Waals surface area contributed by atoms with Crippen molar-refractivity contribution in [2.24, 2.45) is 0 Å². The molecule has 0 saturated carbocycles. The van der Waals surface area contributed by atoms with E-state index >= 15 is 0 Å². The summed E-state index contributed by atoms with van der Waals surface area (Å²) in [6, 6.07) is 12.9. The van der Waals surface area contributed by atoms with Gasteiger partial charge in [0.15, 0.2) is 0 Å². The van der Waals surface area contributed by atoms with E-state index < -0.39 is 5.97 Å². The summed E-state index contributed by atoms with van der Waals surface area (Å²) in [5, 5.41) is 12.5. The molecular weight excluding hydrogens is 370 g/mol. The fourth-order valence-electron chi connectivity index (χ4n) is 3.37. The van der Waals surface area contributed by atoms with Crippen LogP contribution in [0, 0.1) is 6.92 Å². The number of nitrogens with zero attached hydrogens (tertiary/aromatic N) is 2. The maximum atomic E-state index is 11.4. The average Bonchev–Trinajstić information content (AvgIpc) is 2.72. The summed E-state index contributed by atoms with van der Waals surface area (Å²) >= 11 is 0. The Labute approximate surface area is 168 Å². The van der Waals surface area contributed by atoms with Crippen LogP contribution in [0.4, 0.5) is 5.69 Å². The molecule has 0 bridgehead atoms. The van der Waals surface area contributed by atoms with Gasteiger partial charge >= 0.3 is 5.97 Å². The minimum Gasteiger partial charge on any atom is -0.493 e. The maximum Gasteiger partial charge on any atom is 0.337 e. The zero-order valence-electron chi connectivity index (χ0n) is 16.0. The number of aromatic nitrogens is 2. The molecule has 0 amide bonds. The van der Waals surface area contributed by atoms with Crippen LogP contribution in [-0.2, 0) is 0 Å². The van der Waals surface area contributed by atoms with Gasteiger partial charge in [0.05, 0.1) is 24.1 Å². The number of fused-ring (bicyclic) bond motifs is 1. The first-order chi connectivity index (χ1) is 14.1. The van der Waals surface area contributed by atoms with Crippen molar-refractivity contribution in [1.82, 2.24) is 9.97 Å². The molecule has 1 unspecified atom stereocenters. The topological polar surface area (TPSA) is 93.6 Å². The van der Waals surface area contributed by atoms with Crippen LogP contribution >= 0.6 is 0 Å². The smallest absolute Gasteiger partial charge is 0.337 e. The second-order valence-corrected chi connectivity index (χ2v) is 6.86. The van der Waals surface area contributed by atoms with E-state index in [9.17, 15) is 9.90 Å². The molecule has 0 saturated heterocycles. The van der Waals surface area contributed by atoms with Crippen molar-refractivity contribution in [1.29, 1.82) is 0 Å². The van der Waals surface area contributed by atoms with Gasteiger partial charge in [-0.15, -0.1) is 0 Å². The number of carbonyl (C=O) groups is 1. The number of aromatic carboxylic acids is 1. The van der Waals surface area contributed by atoms with Crippen molar-refractivity contribution < 1.29 is 19.4 Å². The number of carboxylic acid groups (broad SMARTS) is 1. The first-order valence-corrected chi connectivity index (χ1v) is 9.39. The third kappa shape index (κ3) is 4.29. The van der Waals surface area contributed by atoms with Gasteiger partial charge in [0, 0.05) is 36.5 Å². The van der Waals surface area contributed by atoms with Crippen molar-refractivity contribution in [2.45, 2.75) is 19.3 Å². The Balaban J connectivity index is 1.49. The molecule has 1 aromatic carbocycles. The van der Waals surface area contributed by atoms with Gasteiger partial charge in [0.1, 0.15) is 11.5 Å². The van der Waals surface area contributed by atoms with Crippen LogP contribution in [0.5, 0.6) is 17.4 Å². The van der Waals surface area contributed by atoms with Gasteiger partial charge in [0.2, 0.25) is 5.88 Å². The van der Waals surface area contributed by atoms with E-state index in [0.29, 0.717) is 30.5 Å². The molecular formula is C22H21N3O4. The maximum absolute atomic E-state index is 11.4. The van der Waals surface area contributed by atoms with E-state index in [1.165, 1.54) is 18.5 Å². The van der Waals surface area contributed by atoms with Crippen LogP contribution in [0.3, 0.4) is 0 Å². The molecule has 148 valence electrons. The molecule has 1 atom stereocenters. The number of carboxylic acids is 1. The Morgan fingerprint density at radius 3 is 3.03 bits per heavy atom. The summed E-state index contributed by atoms with van der Waals surface area (Å²) in [5.41, 5.74) is 2.67. The van der Waals surface area contributed by atoms with Crippen molar-refractivity contribution in [3.8, 4) is 17.4 Å². The summed E-state index contributed by atoms with van der Waals surface area (Å²) in [4.78, 5) is 19.7. The molecule has 0 aliphatic carbocycles. The predicted octanol–water partition coefficient (Wildman–Crippen LogP) is 4.25.